The van der Waals surface area contributed by atoms with Crippen LogP contribution in [0.1, 0.15) is 40.3 Å². The number of carbonyl (C=O) groups excluding carboxylic acids is 1. The molecule has 1 aliphatic heterocycles. The maximum absolute atomic E-state index is 14.5. The largest absolute Gasteiger partial charge is 0.494 e. The number of benzene rings is 4. The van der Waals surface area contributed by atoms with Crippen LogP contribution in [-0.4, -0.2) is 42.2 Å². The third-order valence-corrected chi connectivity index (χ3v) is 8.40. The van der Waals surface area contributed by atoms with Crippen molar-refractivity contribution in [1.29, 1.82) is 0 Å². The van der Waals surface area contributed by atoms with Gasteiger partial charge in [0.1, 0.15) is 11.6 Å². The smallest absolute Gasteiger partial charge is 0.266 e. The number of ether oxygens (including phenoxy) is 2. The zero-order chi connectivity index (χ0) is 33.9. The topological polar surface area (TPSA) is 141 Å². The molecule has 4 aromatic rings. The van der Waals surface area contributed by atoms with Gasteiger partial charge >= 0.3 is 0 Å². The van der Waals surface area contributed by atoms with Gasteiger partial charge in [-0.1, -0.05) is 76.8 Å². The maximum atomic E-state index is 14.5. The summed E-state index contributed by atoms with van der Waals surface area (Å²) >= 11 is 13.0. The van der Waals surface area contributed by atoms with Crippen LogP contribution in [-0.2, 0) is 28.9 Å². The molecule has 0 spiro atoms. The molecule has 0 aromatic heterocycles. The van der Waals surface area contributed by atoms with E-state index in [-0.39, 0.29) is 42.9 Å². The van der Waals surface area contributed by atoms with Gasteiger partial charge in [0, 0.05) is 52.1 Å². The molecule has 248 valence electrons. The fourth-order valence-corrected chi connectivity index (χ4v) is 5.91. The second-order valence-electron chi connectivity index (χ2n) is 11.0. The number of azide groups is 1. The van der Waals surface area contributed by atoms with Crippen LogP contribution in [0.15, 0.2) is 101 Å². The minimum absolute atomic E-state index is 0.0194. The van der Waals surface area contributed by atoms with E-state index in [0.717, 1.165) is 0 Å². The number of hydrogen-bond acceptors (Lipinski definition) is 7. The number of hydrogen-bond donors (Lipinski definition) is 3. The first-order chi connectivity index (χ1) is 23.3. The van der Waals surface area contributed by atoms with Gasteiger partial charge in [-0.15, -0.1) is 0 Å². The molecule has 13 heteroatoms. The number of aliphatic hydroxyl groups excluding tert-OH is 1. The van der Waals surface area contributed by atoms with Crippen molar-refractivity contribution < 1.29 is 23.8 Å². The Kier molecular flexibility index (Phi) is 11.9. The van der Waals surface area contributed by atoms with E-state index in [2.05, 4.69) is 20.9 Å². The van der Waals surface area contributed by atoms with E-state index >= 15 is 0 Å². The molecule has 0 saturated carbocycles. The summed E-state index contributed by atoms with van der Waals surface area (Å²) in [6.07, 6.45) is -0.160. The van der Waals surface area contributed by atoms with Crippen LogP contribution in [0.3, 0.4) is 0 Å². The summed E-state index contributed by atoms with van der Waals surface area (Å²) in [7, 11) is 0. The second-order valence-corrected chi connectivity index (χ2v) is 11.9. The Bertz CT molecular complexity index is 1820. The zero-order valence-electron chi connectivity index (χ0n) is 25.8. The molecule has 1 amide bonds. The predicted octanol–water partition coefficient (Wildman–Crippen LogP) is 7.07. The number of aliphatic imine (C=N–C) groups is 1. The SMILES string of the molecule is [N-]=[N+]=NCc1ccccc1C[C@]1(C(=O)NNCCc2ccccc2F)N=C(c2ccc(OCCCO)cc2)O[C@H]1c1ccc(Cl)cc1Cl. The molecule has 10 nitrogen and oxygen atoms in total. The molecule has 0 saturated heterocycles. The van der Waals surface area contributed by atoms with Crippen LogP contribution >= 0.6 is 23.2 Å². The van der Waals surface area contributed by atoms with Crippen molar-refractivity contribution in [2.45, 2.75) is 37.5 Å². The summed E-state index contributed by atoms with van der Waals surface area (Å²) in [5.74, 6) is -0.0656. The van der Waals surface area contributed by atoms with Crippen LogP contribution in [0.2, 0.25) is 10.0 Å². The lowest BCUT2D eigenvalue weighted by atomic mass is 9.81. The quantitative estimate of drug-likeness (QED) is 0.0402. The van der Waals surface area contributed by atoms with E-state index in [0.29, 0.717) is 58.0 Å². The third kappa shape index (κ3) is 8.25. The van der Waals surface area contributed by atoms with E-state index in [1.54, 1.807) is 60.7 Å². The minimum atomic E-state index is -1.62. The van der Waals surface area contributed by atoms with Gasteiger partial charge in [-0.2, -0.15) is 0 Å². The molecule has 0 fully saturated rings. The van der Waals surface area contributed by atoms with Crippen LogP contribution in [0.4, 0.5) is 4.39 Å². The van der Waals surface area contributed by atoms with Crippen LogP contribution < -0.4 is 15.6 Å². The van der Waals surface area contributed by atoms with Gasteiger partial charge < -0.3 is 14.6 Å². The van der Waals surface area contributed by atoms with E-state index in [9.17, 15) is 9.18 Å². The van der Waals surface area contributed by atoms with Gasteiger partial charge in [0.05, 0.1) is 13.2 Å². The molecular formula is C35H33Cl2FN6O4. The highest BCUT2D eigenvalue weighted by Gasteiger charge is 2.54. The Balaban J connectivity index is 1.55. The molecule has 5 rings (SSSR count). The summed E-state index contributed by atoms with van der Waals surface area (Å²) in [6.45, 7) is 0.670. The fraction of sp³-hybridized carbons (Fsp3) is 0.257. The summed E-state index contributed by atoms with van der Waals surface area (Å²) in [6, 6.07) is 25.7. The van der Waals surface area contributed by atoms with Gasteiger partial charge in [0.15, 0.2) is 11.6 Å². The van der Waals surface area contributed by atoms with Crippen LogP contribution in [0.5, 0.6) is 5.75 Å². The van der Waals surface area contributed by atoms with Crippen molar-refractivity contribution in [1.82, 2.24) is 10.9 Å². The highest BCUT2D eigenvalue weighted by Crippen LogP contribution is 2.45. The molecule has 0 aliphatic carbocycles. The first-order valence-corrected chi connectivity index (χ1v) is 16.0. The number of carbonyl (C=O) groups is 1. The van der Waals surface area contributed by atoms with E-state index in [4.69, 9.17) is 48.3 Å². The first-order valence-electron chi connectivity index (χ1n) is 15.2. The Morgan fingerprint density at radius 1 is 1.04 bits per heavy atom. The Morgan fingerprint density at radius 2 is 1.77 bits per heavy atom. The molecule has 0 unspecified atom stereocenters. The van der Waals surface area contributed by atoms with Crippen molar-refractivity contribution >= 4 is 35.0 Å². The number of hydrazine groups is 1. The number of aliphatic hydroxyl groups is 1. The first kappa shape index (κ1) is 34.7. The molecule has 48 heavy (non-hydrogen) atoms. The number of rotatable bonds is 15. The molecule has 4 aromatic carbocycles. The minimum Gasteiger partial charge on any atom is -0.494 e. The van der Waals surface area contributed by atoms with Crippen LogP contribution in [0.25, 0.3) is 10.4 Å². The van der Waals surface area contributed by atoms with Crippen molar-refractivity contribution in [2.24, 2.45) is 10.1 Å². The molecule has 0 bridgehead atoms. The van der Waals surface area contributed by atoms with Crippen molar-refractivity contribution in [2.75, 3.05) is 19.8 Å². The highest BCUT2D eigenvalue weighted by atomic mass is 35.5. The van der Waals surface area contributed by atoms with Gasteiger partial charge in [-0.25, -0.2) is 14.8 Å². The summed E-state index contributed by atoms with van der Waals surface area (Å²) < 4.78 is 26.5. The molecular weight excluding hydrogens is 658 g/mol. The van der Waals surface area contributed by atoms with E-state index in [1.807, 2.05) is 24.3 Å². The lowest BCUT2D eigenvalue weighted by Gasteiger charge is -2.32. The van der Waals surface area contributed by atoms with E-state index < -0.39 is 17.6 Å². The van der Waals surface area contributed by atoms with Crippen molar-refractivity contribution in [3.8, 4) is 5.75 Å². The maximum Gasteiger partial charge on any atom is 0.266 e. The number of nitrogens with one attached hydrogen (secondary N) is 2. The summed E-state index contributed by atoms with van der Waals surface area (Å²) in [5, 5.41) is 13.5. The highest BCUT2D eigenvalue weighted by molar-refractivity contribution is 6.35. The lowest BCUT2D eigenvalue weighted by Crippen LogP contribution is -2.54. The fourth-order valence-electron chi connectivity index (χ4n) is 5.41. The van der Waals surface area contributed by atoms with Gasteiger partial charge in [-0.05, 0) is 71.1 Å². The zero-order valence-corrected chi connectivity index (χ0v) is 27.3. The standard InChI is InChI=1S/C35H33Cl2FN6O4/c36-27-12-15-29(30(37)20-27)32-35(21-25-7-1-2-8-26(25)22-41-44-39,34(46)43-40-17-16-23-6-3-4-9-31(23)38)42-33(48-32)24-10-13-28(14-11-24)47-19-5-18-45/h1-4,6-15,20,32,40,45H,5,16-19,21-22H2,(H,43,46)/t32-,35-/m0/s1. The average molecular weight is 692 g/mol. The molecule has 1 heterocycles. The van der Waals surface area contributed by atoms with Crippen molar-refractivity contribution in [3.63, 3.8) is 0 Å². The Hall–Kier alpha value is -4.64. The monoisotopic (exact) mass is 690 g/mol. The third-order valence-electron chi connectivity index (χ3n) is 7.84. The Labute approximate surface area is 287 Å². The van der Waals surface area contributed by atoms with Crippen molar-refractivity contribution in [3.05, 3.63) is 145 Å². The average Bonchev–Trinajstić information content (AvgIpc) is 3.47. The van der Waals surface area contributed by atoms with Crippen LogP contribution in [0, 0.1) is 5.82 Å². The summed E-state index contributed by atoms with van der Waals surface area (Å²) in [5.41, 5.74) is 16.1. The number of halogens is 3. The predicted molar refractivity (Wildman–Crippen MR) is 182 cm³/mol. The second kappa shape index (κ2) is 16.5. The molecule has 2 atom stereocenters. The number of nitrogens with zero attached hydrogens (tertiary/aromatic N) is 4. The lowest BCUT2D eigenvalue weighted by molar-refractivity contribution is -0.130. The normalized spacial score (nSPS) is 16.8. The summed E-state index contributed by atoms with van der Waals surface area (Å²) in [4.78, 5) is 22.4. The molecule has 3 N–H and O–H groups in total. The van der Waals surface area contributed by atoms with E-state index in [1.165, 1.54) is 6.07 Å². The number of amides is 1. The Morgan fingerprint density at radius 3 is 2.48 bits per heavy atom. The van der Waals surface area contributed by atoms with Gasteiger partial charge in [-0.3, -0.25) is 10.2 Å². The van der Waals surface area contributed by atoms with Gasteiger partial charge in [0.2, 0.25) is 5.90 Å². The molecule has 1 aliphatic rings. The van der Waals surface area contributed by atoms with Gasteiger partial charge in [0.25, 0.3) is 5.91 Å². The molecule has 0 radical (unpaired) electrons.